The van der Waals surface area contributed by atoms with Gasteiger partial charge in [0.05, 0.1) is 0 Å². The standard InChI is InChI=1S/C15H19ClFN3O2S.C15H20FN3S/c1-8(2)11-5-10(17)6-12(9(3)4)13(11)7-14-18-15(20-19-14)23(16,21)22;1-8(2)11-5-10(16)6-12(9(3)4)13(11)7-14-17-15(20)19-18-14/h5-6,8-9H,7H2,1-4H3,(H,18,19,20);5-6,8-9H,7H2,1-4H3,(H2,17,18,19,20). The Morgan fingerprint density at radius 1 is 0.721 bits per heavy atom. The largest absolute Gasteiger partial charge is 0.298 e. The van der Waals surface area contributed by atoms with Crippen LogP contribution in [0.3, 0.4) is 0 Å². The third-order valence-corrected chi connectivity index (χ3v) is 8.25. The maximum atomic E-state index is 13.9. The molecule has 0 unspecified atom stereocenters. The molecule has 0 fully saturated rings. The second-order valence-electron chi connectivity index (χ2n) is 11.7. The van der Waals surface area contributed by atoms with Crippen LogP contribution in [0.15, 0.2) is 29.4 Å². The fourth-order valence-corrected chi connectivity index (χ4v) is 5.76. The number of hydrogen-bond acceptors (Lipinski definition) is 6. The van der Waals surface area contributed by atoms with Crippen molar-refractivity contribution in [3.05, 3.63) is 85.7 Å². The van der Waals surface area contributed by atoms with Crippen LogP contribution in [0.5, 0.6) is 0 Å². The summed E-state index contributed by atoms with van der Waals surface area (Å²) in [5.74, 6) is 1.49. The molecule has 2 aromatic heterocycles. The number of halogens is 3. The number of H-pyrrole nitrogens is 3. The Labute approximate surface area is 261 Å². The average molecular weight is 653 g/mol. The highest BCUT2D eigenvalue weighted by Gasteiger charge is 2.21. The lowest BCUT2D eigenvalue weighted by Crippen LogP contribution is -2.07. The minimum Gasteiger partial charge on any atom is -0.285 e. The fraction of sp³-hybridized carbons (Fsp3) is 0.467. The highest BCUT2D eigenvalue weighted by Crippen LogP contribution is 2.32. The van der Waals surface area contributed by atoms with Gasteiger partial charge in [-0.25, -0.2) is 27.2 Å². The average Bonchev–Trinajstić information content (AvgIpc) is 3.54. The van der Waals surface area contributed by atoms with E-state index in [0.29, 0.717) is 23.4 Å². The van der Waals surface area contributed by atoms with Gasteiger partial charge in [-0.2, -0.15) is 0 Å². The molecule has 2 heterocycles. The maximum Gasteiger partial charge on any atom is 0.298 e. The molecule has 0 radical (unpaired) electrons. The van der Waals surface area contributed by atoms with Crippen molar-refractivity contribution in [2.24, 2.45) is 0 Å². The van der Waals surface area contributed by atoms with E-state index < -0.39 is 14.2 Å². The molecule has 0 spiro atoms. The molecular weight excluding hydrogens is 614 g/mol. The number of rotatable bonds is 9. The number of aromatic amines is 3. The summed E-state index contributed by atoms with van der Waals surface area (Å²) in [4.78, 5) is 8.16. The summed E-state index contributed by atoms with van der Waals surface area (Å²) in [6.07, 6.45) is 0.967. The maximum absolute atomic E-state index is 13.9. The predicted octanol–water partition coefficient (Wildman–Crippen LogP) is 8.15. The molecule has 0 atom stereocenters. The predicted molar refractivity (Wildman–Crippen MR) is 168 cm³/mol. The minimum absolute atomic E-state index is 0.123. The van der Waals surface area contributed by atoms with Crippen molar-refractivity contribution < 1.29 is 17.2 Å². The Balaban J connectivity index is 0.000000238. The topological polar surface area (TPSA) is 120 Å². The van der Waals surface area contributed by atoms with Crippen LogP contribution in [-0.2, 0) is 21.9 Å². The second-order valence-corrected chi connectivity index (χ2v) is 14.6. The van der Waals surface area contributed by atoms with Crippen LogP contribution in [0.2, 0.25) is 0 Å². The van der Waals surface area contributed by atoms with Gasteiger partial charge in [-0.05, 0) is 93.5 Å². The van der Waals surface area contributed by atoms with Gasteiger partial charge in [-0.15, -0.1) is 5.10 Å². The van der Waals surface area contributed by atoms with E-state index >= 15 is 0 Å². The molecular formula is C30H39ClF2N6O2S2. The molecule has 8 nitrogen and oxygen atoms in total. The molecule has 4 rings (SSSR count). The summed E-state index contributed by atoms with van der Waals surface area (Å²) in [6, 6.07) is 6.29. The van der Waals surface area contributed by atoms with Crippen LogP contribution in [0.4, 0.5) is 8.78 Å². The lowest BCUT2D eigenvalue weighted by molar-refractivity contribution is 0.601. The van der Waals surface area contributed by atoms with Gasteiger partial charge in [0.2, 0.25) is 4.77 Å². The van der Waals surface area contributed by atoms with Crippen molar-refractivity contribution >= 4 is 32.0 Å². The summed E-state index contributed by atoms with van der Waals surface area (Å²) in [7, 11) is 1.26. The lowest BCUT2D eigenvalue weighted by atomic mass is 9.87. The van der Waals surface area contributed by atoms with E-state index in [1.807, 2.05) is 27.7 Å². The molecule has 0 aliphatic carbocycles. The SMILES string of the molecule is CC(C)c1cc(F)cc(C(C)C)c1Cc1nc(=S)[nH][nH]1.CC(C)c1cc(F)cc(C(C)C)c1Cc1nc(S(=O)(=O)Cl)n[nH]1. The van der Waals surface area contributed by atoms with Gasteiger partial charge >= 0.3 is 0 Å². The van der Waals surface area contributed by atoms with Gasteiger partial charge in [0.1, 0.15) is 23.3 Å². The molecule has 43 heavy (non-hydrogen) atoms. The Morgan fingerprint density at radius 2 is 1.12 bits per heavy atom. The van der Waals surface area contributed by atoms with Crippen LogP contribution in [0.1, 0.15) is 124 Å². The Kier molecular flexibility index (Phi) is 11.4. The quantitative estimate of drug-likeness (QED) is 0.124. The van der Waals surface area contributed by atoms with Gasteiger partial charge in [0, 0.05) is 23.5 Å². The zero-order chi connectivity index (χ0) is 32.2. The van der Waals surface area contributed by atoms with Crippen molar-refractivity contribution in [1.82, 2.24) is 30.4 Å². The first-order valence-electron chi connectivity index (χ1n) is 14.1. The number of hydrogen-bond donors (Lipinski definition) is 3. The van der Waals surface area contributed by atoms with E-state index in [0.717, 1.165) is 39.2 Å². The van der Waals surface area contributed by atoms with E-state index in [1.54, 1.807) is 12.1 Å². The molecule has 0 aliphatic rings. The summed E-state index contributed by atoms with van der Waals surface area (Å²) >= 11 is 4.98. The lowest BCUT2D eigenvalue weighted by Gasteiger charge is -2.19. The monoisotopic (exact) mass is 652 g/mol. The van der Waals surface area contributed by atoms with Crippen LogP contribution in [0.25, 0.3) is 0 Å². The normalized spacial score (nSPS) is 12.0. The van der Waals surface area contributed by atoms with E-state index in [4.69, 9.17) is 22.9 Å². The van der Waals surface area contributed by atoms with E-state index in [-0.39, 0.29) is 35.3 Å². The number of nitrogens with zero attached hydrogens (tertiary/aromatic N) is 3. The highest BCUT2D eigenvalue weighted by atomic mass is 35.7. The van der Waals surface area contributed by atoms with Gasteiger partial charge < -0.3 is 0 Å². The Bertz CT molecular complexity index is 1670. The fourth-order valence-electron chi connectivity index (χ4n) is 5.02. The van der Waals surface area contributed by atoms with Crippen LogP contribution < -0.4 is 0 Å². The minimum atomic E-state index is -3.98. The smallest absolute Gasteiger partial charge is 0.285 e. The van der Waals surface area contributed by atoms with Gasteiger partial charge in [-0.1, -0.05) is 55.4 Å². The molecule has 0 amide bonds. The Hall–Kier alpha value is -2.96. The molecule has 4 aromatic rings. The van der Waals surface area contributed by atoms with Crippen molar-refractivity contribution in [3.63, 3.8) is 0 Å². The first-order valence-corrected chi connectivity index (χ1v) is 16.8. The molecule has 0 saturated carbocycles. The summed E-state index contributed by atoms with van der Waals surface area (Å²) in [5, 5.41) is 11.5. The van der Waals surface area contributed by atoms with Crippen molar-refractivity contribution in [1.29, 1.82) is 0 Å². The zero-order valence-electron chi connectivity index (χ0n) is 25.6. The molecule has 0 aliphatic heterocycles. The Morgan fingerprint density at radius 3 is 1.42 bits per heavy atom. The van der Waals surface area contributed by atoms with Gasteiger partial charge in [-0.3, -0.25) is 15.3 Å². The van der Waals surface area contributed by atoms with E-state index in [2.05, 4.69) is 58.1 Å². The van der Waals surface area contributed by atoms with Crippen LogP contribution in [-0.4, -0.2) is 38.8 Å². The number of nitrogens with one attached hydrogen (secondary N) is 3. The number of aromatic nitrogens is 6. The molecule has 0 bridgehead atoms. The van der Waals surface area contributed by atoms with E-state index in [1.165, 1.54) is 12.1 Å². The number of benzene rings is 2. The second kappa shape index (κ2) is 14.2. The van der Waals surface area contributed by atoms with Gasteiger partial charge in [0.15, 0.2) is 0 Å². The summed E-state index contributed by atoms with van der Waals surface area (Å²) < 4.78 is 50.7. The molecule has 0 saturated heterocycles. The molecule has 2 aromatic carbocycles. The first kappa shape index (κ1) is 34.5. The molecule has 13 heteroatoms. The van der Waals surface area contributed by atoms with Crippen LogP contribution >= 0.6 is 22.9 Å². The highest BCUT2D eigenvalue weighted by molar-refractivity contribution is 8.13. The third kappa shape index (κ3) is 9.02. The van der Waals surface area contributed by atoms with Crippen molar-refractivity contribution in [3.8, 4) is 0 Å². The van der Waals surface area contributed by atoms with E-state index in [9.17, 15) is 17.2 Å². The molecule has 3 N–H and O–H groups in total. The van der Waals surface area contributed by atoms with Gasteiger partial charge in [0.25, 0.3) is 14.2 Å². The summed E-state index contributed by atoms with van der Waals surface area (Å²) in [5.41, 5.74) is 5.91. The zero-order valence-corrected chi connectivity index (χ0v) is 28.0. The first-order chi connectivity index (χ1) is 20.0. The summed E-state index contributed by atoms with van der Waals surface area (Å²) in [6.45, 7) is 16.2. The van der Waals surface area contributed by atoms with Crippen molar-refractivity contribution in [2.45, 2.75) is 97.1 Å². The van der Waals surface area contributed by atoms with Crippen LogP contribution in [0, 0.1) is 16.4 Å². The van der Waals surface area contributed by atoms with Crippen molar-refractivity contribution in [2.75, 3.05) is 0 Å². The third-order valence-electron chi connectivity index (χ3n) is 7.02. The molecule has 234 valence electrons.